The van der Waals surface area contributed by atoms with E-state index in [1.165, 1.54) is 17.4 Å². The number of alkyl halides is 3. The van der Waals surface area contributed by atoms with Crippen LogP contribution in [0.1, 0.15) is 27.6 Å². The molecule has 0 fully saturated rings. The van der Waals surface area contributed by atoms with Crippen molar-refractivity contribution in [3.63, 3.8) is 0 Å². The summed E-state index contributed by atoms with van der Waals surface area (Å²) in [6.45, 7) is 1.83. The Bertz CT molecular complexity index is 635. The third-order valence-corrected chi connectivity index (χ3v) is 5.19. The van der Waals surface area contributed by atoms with E-state index in [1.54, 1.807) is 13.1 Å². The first-order valence-corrected chi connectivity index (χ1v) is 8.02. The second-order valence-electron chi connectivity index (χ2n) is 4.56. The SMILES string of the molecule is CNC(c1cc(C)c(Cl)s1)c1ccc(Br)cc1C(F)(F)F. The molecule has 2 rings (SSSR count). The highest BCUT2D eigenvalue weighted by molar-refractivity contribution is 9.10. The highest BCUT2D eigenvalue weighted by Crippen LogP contribution is 2.40. The Balaban J connectivity index is 2.57. The number of halogens is 5. The molecule has 114 valence electrons. The van der Waals surface area contributed by atoms with Gasteiger partial charge < -0.3 is 5.32 Å². The molecular formula is C14H12BrClF3NS. The van der Waals surface area contributed by atoms with Crippen LogP contribution in [-0.4, -0.2) is 7.05 Å². The number of hydrogen-bond acceptors (Lipinski definition) is 2. The minimum atomic E-state index is -4.41. The summed E-state index contributed by atoms with van der Waals surface area (Å²) in [5.74, 6) is 0. The fourth-order valence-corrected chi connectivity index (χ4v) is 3.81. The molecule has 1 N–H and O–H groups in total. The minimum Gasteiger partial charge on any atom is -0.309 e. The van der Waals surface area contributed by atoms with Crippen molar-refractivity contribution in [1.82, 2.24) is 5.32 Å². The van der Waals surface area contributed by atoms with Crippen molar-refractivity contribution in [3.8, 4) is 0 Å². The van der Waals surface area contributed by atoms with E-state index < -0.39 is 17.8 Å². The van der Waals surface area contributed by atoms with E-state index in [9.17, 15) is 13.2 Å². The molecule has 2 aromatic rings. The maximum Gasteiger partial charge on any atom is 0.416 e. The van der Waals surface area contributed by atoms with Crippen LogP contribution < -0.4 is 5.32 Å². The van der Waals surface area contributed by atoms with Gasteiger partial charge in [-0.05, 0) is 43.3 Å². The van der Waals surface area contributed by atoms with E-state index in [2.05, 4.69) is 21.2 Å². The molecule has 0 amide bonds. The molecule has 1 aromatic carbocycles. The maximum absolute atomic E-state index is 13.3. The van der Waals surface area contributed by atoms with Crippen LogP contribution >= 0.6 is 38.9 Å². The van der Waals surface area contributed by atoms with Crippen LogP contribution in [0.25, 0.3) is 0 Å². The predicted octanol–water partition coefficient (Wildman–Crippen LogP) is 5.80. The van der Waals surface area contributed by atoms with Crippen molar-refractivity contribution >= 4 is 38.9 Å². The number of benzene rings is 1. The molecule has 1 aromatic heterocycles. The summed E-state index contributed by atoms with van der Waals surface area (Å²) < 4.78 is 40.8. The first kappa shape index (κ1) is 16.8. The predicted molar refractivity (Wildman–Crippen MR) is 84.1 cm³/mol. The van der Waals surface area contributed by atoms with Gasteiger partial charge in [-0.15, -0.1) is 11.3 Å². The molecule has 0 saturated carbocycles. The Kier molecular flexibility index (Phi) is 5.03. The smallest absolute Gasteiger partial charge is 0.309 e. The van der Waals surface area contributed by atoms with E-state index in [-0.39, 0.29) is 5.56 Å². The fourth-order valence-electron chi connectivity index (χ4n) is 2.10. The largest absolute Gasteiger partial charge is 0.416 e. The van der Waals surface area contributed by atoms with Crippen molar-refractivity contribution in [2.45, 2.75) is 19.1 Å². The van der Waals surface area contributed by atoms with E-state index in [0.717, 1.165) is 16.5 Å². The molecule has 0 aliphatic heterocycles. The van der Waals surface area contributed by atoms with Gasteiger partial charge >= 0.3 is 6.18 Å². The molecule has 1 heterocycles. The normalized spacial score (nSPS) is 13.5. The quantitative estimate of drug-likeness (QED) is 0.689. The van der Waals surface area contributed by atoms with Crippen molar-refractivity contribution in [1.29, 1.82) is 0 Å². The van der Waals surface area contributed by atoms with Crippen LogP contribution in [0.4, 0.5) is 13.2 Å². The van der Waals surface area contributed by atoms with E-state index in [4.69, 9.17) is 11.6 Å². The monoisotopic (exact) mass is 397 g/mol. The number of thiophene rings is 1. The van der Waals surface area contributed by atoms with Crippen LogP contribution in [-0.2, 0) is 6.18 Å². The molecule has 0 aliphatic rings. The standard InChI is InChI=1S/C14H12BrClF3NS/c1-7-5-11(21-13(7)16)12(20-2)9-4-3-8(15)6-10(9)14(17,18)19/h3-6,12,20H,1-2H3. The molecule has 1 nitrogen and oxygen atoms in total. The molecule has 0 bridgehead atoms. The van der Waals surface area contributed by atoms with Gasteiger partial charge in [0.1, 0.15) is 0 Å². The van der Waals surface area contributed by atoms with Crippen LogP contribution in [0.5, 0.6) is 0 Å². The van der Waals surface area contributed by atoms with Gasteiger partial charge in [-0.1, -0.05) is 33.6 Å². The highest BCUT2D eigenvalue weighted by atomic mass is 79.9. The molecule has 21 heavy (non-hydrogen) atoms. The second kappa shape index (κ2) is 6.28. The summed E-state index contributed by atoms with van der Waals surface area (Å²) in [6, 6.07) is 5.46. The lowest BCUT2D eigenvalue weighted by atomic mass is 9.98. The van der Waals surface area contributed by atoms with E-state index in [0.29, 0.717) is 8.81 Å². The summed E-state index contributed by atoms with van der Waals surface area (Å²) in [5.41, 5.74) is 0.395. The van der Waals surface area contributed by atoms with Gasteiger partial charge in [0, 0.05) is 9.35 Å². The van der Waals surface area contributed by atoms with Gasteiger partial charge in [0.2, 0.25) is 0 Å². The highest BCUT2D eigenvalue weighted by Gasteiger charge is 2.36. The maximum atomic E-state index is 13.3. The Morgan fingerprint density at radius 3 is 2.43 bits per heavy atom. The van der Waals surface area contributed by atoms with E-state index >= 15 is 0 Å². The molecule has 0 spiro atoms. The fraction of sp³-hybridized carbons (Fsp3) is 0.286. The third kappa shape index (κ3) is 3.62. The molecular weight excluding hydrogens is 387 g/mol. The lowest BCUT2D eigenvalue weighted by Gasteiger charge is -2.20. The Labute approximate surface area is 138 Å². The van der Waals surface area contributed by atoms with Crippen molar-refractivity contribution in [2.24, 2.45) is 0 Å². The first-order valence-electron chi connectivity index (χ1n) is 6.03. The van der Waals surface area contributed by atoms with Gasteiger partial charge in [-0.2, -0.15) is 13.2 Å². The Hall–Kier alpha value is -0.560. The summed E-state index contributed by atoms with van der Waals surface area (Å²) in [6.07, 6.45) is -4.41. The summed E-state index contributed by atoms with van der Waals surface area (Å²) in [7, 11) is 1.63. The zero-order chi connectivity index (χ0) is 15.8. The zero-order valence-electron chi connectivity index (χ0n) is 11.2. The summed E-state index contributed by atoms with van der Waals surface area (Å²) in [5, 5.41) is 2.94. The Morgan fingerprint density at radius 1 is 1.29 bits per heavy atom. The number of aryl methyl sites for hydroxylation is 1. The van der Waals surface area contributed by atoms with Crippen molar-refractivity contribution in [3.05, 3.63) is 54.6 Å². The van der Waals surface area contributed by atoms with Crippen molar-refractivity contribution < 1.29 is 13.2 Å². The second-order valence-corrected chi connectivity index (χ2v) is 7.16. The van der Waals surface area contributed by atoms with Crippen LogP contribution in [0.3, 0.4) is 0 Å². The van der Waals surface area contributed by atoms with E-state index in [1.807, 2.05) is 13.0 Å². The Morgan fingerprint density at radius 2 is 1.95 bits per heavy atom. The molecule has 0 aliphatic carbocycles. The van der Waals surface area contributed by atoms with Crippen LogP contribution in [0.2, 0.25) is 4.34 Å². The minimum absolute atomic E-state index is 0.186. The molecule has 1 unspecified atom stereocenters. The number of rotatable bonds is 3. The van der Waals surface area contributed by atoms with Gasteiger partial charge in [0.15, 0.2) is 0 Å². The summed E-state index contributed by atoms with van der Waals surface area (Å²) >= 11 is 10.4. The lowest BCUT2D eigenvalue weighted by Crippen LogP contribution is -2.21. The molecule has 0 radical (unpaired) electrons. The van der Waals surface area contributed by atoms with Gasteiger partial charge in [0.25, 0.3) is 0 Å². The van der Waals surface area contributed by atoms with Gasteiger partial charge in [-0.3, -0.25) is 0 Å². The first-order chi connectivity index (χ1) is 9.74. The number of nitrogens with one attached hydrogen (secondary N) is 1. The third-order valence-electron chi connectivity index (χ3n) is 3.08. The van der Waals surface area contributed by atoms with Crippen LogP contribution in [0, 0.1) is 6.92 Å². The topological polar surface area (TPSA) is 12.0 Å². The number of hydrogen-bond donors (Lipinski definition) is 1. The molecule has 1 atom stereocenters. The lowest BCUT2D eigenvalue weighted by molar-refractivity contribution is -0.138. The van der Waals surface area contributed by atoms with Gasteiger partial charge in [0.05, 0.1) is 15.9 Å². The summed E-state index contributed by atoms with van der Waals surface area (Å²) in [4.78, 5) is 0.757. The van der Waals surface area contributed by atoms with Gasteiger partial charge in [-0.25, -0.2) is 0 Å². The zero-order valence-corrected chi connectivity index (χ0v) is 14.3. The average molecular weight is 399 g/mol. The van der Waals surface area contributed by atoms with Crippen LogP contribution in [0.15, 0.2) is 28.7 Å². The molecule has 0 saturated heterocycles. The van der Waals surface area contributed by atoms with Crippen molar-refractivity contribution in [2.75, 3.05) is 7.05 Å². The molecule has 7 heteroatoms. The average Bonchev–Trinajstić information content (AvgIpc) is 2.71.